The third kappa shape index (κ3) is 5.09. The molecule has 0 heterocycles. The van der Waals surface area contributed by atoms with Crippen molar-refractivity contribution in [1.29, 1.82) is 0 Å². The van der Waals surface area contributed by atoms with Gasteiger partial charge in [0, 0.05) is 17.9 Å². The van der Waals surface area contributed by atoms with Crippen LogP contribution in [-0.4, -0.2) is 0 Å². The first kappa shape index (κ1) is 24.7. The van der Waals surface area contributed by atoms with E-state index in [9.17, 15) is 0 Å². The largest absolute Gasteiger partial charge is 0.485 e. The van der Waals surface area contributed by atoms with Gasteiger partial charge in [0.2, 0.25) is 0 Å². The summed E-state index contributed by atoms with van der Waals surface area (Å²) in [6, 6.07) is 51.4. The molecule has 3 atom stereocenters. The van der Waals surface area contributed by atoms with Crippen LogP contribution < -0.4 is 4.74 Å². The molecule has 39 heavy (non-hydrogen) atoms. The molecule has 0 bridgehead atoms. The van der Waals surface area contributed by atoms with Crippen LogP contribution in [0.5, 0.6) is 5.75 Å². The zero-order valence-electron chi connectivity index (χ0n) is 21.9. The number of hydrogen-bond donors (Lipinski definition) is 0. The molecule has 0 aromatic heterocycles. The van der Waals surface area contributed by atoms with Crippen LogP contribution in [0.15, 0.2) is 170 Å². The minimum absolute atomic E-state index is 0.111. The van der Waals surface area contributed by atoms with E-state index in [2.05, 4.69) is 170 Å². The molecular formula is C38H32O. The number of para-hydroxylation sites is 1. The van der Waals surface area contributed by atoms with Crippen LogP contribution in [0, 0.1) is 0 Å². The van der Waals surface area contributed by atoms with Crippen LogP contribution in [0.3, 0.4) is 0 Å². The minimum atomic E-state index is -0.429. The molecule has 0 aliphatic heterocycles. The Labute approximate surface area is 231 Å². The van der Waals surface area contributed by atoms with Gasteiger partial charge in [0.25, 0.3) is 0 Å². The van der Waals surface area contributed by atoms with Gasteiger partial charge >= 0.3 is 0 Å². The summed E-state index contributed by atoms with van der Waals surface area (Å²) in [7, 11) is 0. The van der Waals surface area contributed by atoms with Crippen molar-refractivity contribution in [3.8, 4) is 5.75 Å². The Morgan fingerprint density at radius 2 is 1.18 bits per heavy atom. The Morgan fingerprint density at radius 3 is 1.90 bits per heavy atom. The van der Waals surface area contributed by atoms with Crippen LogP contribution in [0.1, 0.15) is 39.8 Å². The fourth-order valence-corrected chi connectivity index (χ4v) is 5.86. The van der Waals surface area contributed by atoms with Crippen LogP contribution in [0.2, 0.25) is 0 Å². The molecule has 0 radical (unpaired) electrons. The fraction of sp³-hybridized carbons (Fsp3) is 0.105. The van der Waals surface area contributed by atoms with Crippen molar-refractivity contribution in [2.24, 2.45) is 0 Å². The second-order valence-corrected chi connectivity index (χ2v) is 10.1. The van der Waals surface area contributed by atoms with Crippen molar-refractivity contribution in [2.75, 3.05) is 0 Å². The molecule has 0 spiro atoms. The topological polar surface area (TPSA) is 9.23 Å². The van der Waals surface area contributed by atoms with E-state index in [1.54, 1.807) is 0 Å². The van der Waals surface area contributed by atoms with Gasteiger partial charge < -0.3 is 4.74 Å². The molecule has 6 rings (SSSR count). The standard InChI is InChI=1S/C38H32O/c1-5-17-30(18-6-1)29-37(32-21-9-3-10-22-32)39-36-27-14-13-26-35(36)38(33-23-11-4-12-24-33)28-16-15-25-34(38)31-19-7-2-8-20-31/h1-28,34,37H,29H2. The van der Waals surface area contributed by atoms with Crippen molar-refractivity contribution in [3.63, 3.8) is 0 Å². The average Bonchev–Trinajstić information content (AvgIpc) is 3.03. The number of ether oxygens (including phenoxy) is 1. The highest BCUT2D eigenvalue weighted by Crippen LogP contribution is 2.51. The van der Waals surface area contributed by atoms with Gasteiger partial charge in [0.05, 0.1) is 5.41 Å². The molecule has 190 valence electrons. The van der Waals surface area contributed by atoms with Crippen molar-refractivity contribution in [3.05, 3.63) is 198 Å². The lowest BCUT2D eigenvalue weighted by atomic mass is 9.62. The molecule has 0 N–H and O–H groups in total. The zero-order chi connectivity index (χ0) is 26.3. The zero-order valence-corrected chi connectivity index (χ0v) is 21.9. The summed E-state index contributed by atoms with van der Waals surface area (Å²) in [5.41, 5.74) is 5.69. The Hall–Kier alpha value is -4.62. The molecule has 0 saturated carbocycles. The lowest BCUT2D eigenvalue weighted by Crippen LogP contribution is -2.34. The van der Waals surface area contributed by atoms with E-state index in [1.165, 1.54) is 27.8 Å². The molecule has 0 fully saturated rings. The van der Waals surface area contributed by atoms with Crippen LogP contribution in [0.4, 0.5) is 0 Å². The van der Waals surface area contributed by atoms with Crippen molar-refractivity contribution >= 4 is 0 Å². The summed E-state index contributed by atoms with van der Waals surface area (Å²) in [6.45, 7) is 0. The molecule has 1 nitrogen and oxygen atoms in total. The monoisotopic (exact) mass is 504 g/mol. The summed E-state index contributed by atoms with van der Waals surface area (Å²) in [5.74, 6) is 1.02. The second-order valence-electron chi connectivity index (χ2n) is 10.1. The van der Waals surface area contributed by atoms with Crippen molar-refractivity contribution in [1.82, 2.24) is 0 Å². The summed E-state index contributed by atoms with van der Waals surface area (Å²) >= 11 is 0. The number of allylic oxidation sites excluding steroid dienone is 4. The van der Waals surface area contributed by atoms with E-state index in [0.29, 0.717) is 0 Å². The fourth-order valence-electron chi connectivity index (χ4n) is 5.86. The van der Waals surface area contributed by atoms with Gasteiger partial charge in [-0.05, 0) is 28.3 Å². The smallest absolute Gasteiger partial charge is 0.128 e. The molecule has 1 aliphatic carbocycles. The summed E-state index contributed by atoms with van der Waals surface area (Å²) in [6.07, 6.45) is 9.71. The Bertz CT molecular complexity index is 1540. The summed E-state index contributed by atoms with van der Waals surface area (Å²) < 4.78 is 7.06. The van der Waals surface area contributed by atoms with E-state index in [-0.39, 0.29) is 12.0 Å². The lowest BCUT2D eigenvalue weighted by Gasteiger charge is -2.41. The predicted octanol–water partition coefficient (Wildman–Crippen LogP) is 9.25. The van der Waals surface area contributed by atoms with E-state index in [1.807, 2.05) is 0 Å². The van der Waals surface area contributed by atoms with E-state index < -0.39 is 5.41 Å². The number of benzene rings is 5. The van der Waals surface area contributed by atoms with E-state index in [0.717, 1.165) is 12.2 Å². The van der Waals surface area contributed by atoms with Crippen LogP contribution >= 0.6 is 0 Å². The third-order valence-electron chi connectivity index (χ3n) is 7.71. The maximum absolute atomic E-state index is 7.06. The second kappa shape index (κ2) is 11.4. The first-order valence-electron chi connectivity index (χ1n) is 13.7. The molecule has 0 saturated heterocycles. The van der Waals surface area contributed by atoms with E-state index >= 15 is 0 Å². The first-order valence-corrected chi connectivity index (χ1v) is 13.7. The summed E-state index contributed by atoms with van der Waals surface area (Å²) in [4.78, 5) is 0. The maximum atomic E-state index is 7.06. The molecule has 5 aromatic rings. The highest BCUT2D eigenvalue weighted by Gasteiger charge is 2.42. The Morgan fingerprint density at radius 1 is 0.590 bits per heavy atom. The highest BCUT2D eigenvalue weighted by atomic mass is 16.5. The van der Waals surface area contributed by atoms with Gasteiger partial charge in [0.15, 0.2) is 0 Å². The van der Waals surface area contributed by atoms with Gasteiger partial charge in [-0.2, -0.15) is 0 Å². The van der Waals surface area contributed by atoms with Gasteiger partial charge in [-0.25, -0.2) is 0 Å². The van der Waals surface area contributed by atoms with E-state index in [4.69, 9.17) is 4.74 Å². The van der Waals surface area contributed by atoms with Crippen LogP contribution in [-0.2, 0) is 11.8 Å². The van der Waals surface area contributed by atoms with Crippen molar-refractivity contribution < 1.29 is 4.74 Å². The van der Waals surface area contributed by atoms with Gasteiger partial charge in [0.1, 0.15) is 11.9 Å². The van der Waals surface area contributed by atoms with Gasteiger partial charge in [-0.3, -0.25) is 0 Å². The molecule has 1 heteroatoms. The third-order valence-corrected chi connectivity index (χ3v) is 7.71. The minimum Gasteiger partial charge on any atom is -0.485 e. The summed E-state index contributed by atoms with van der Waals surface area (Å²) in [5, 5.41) is 0. The molecule has 5 aromatic carbocycles. The number of hydrogen-bond acceptors (Lipinski definition) is 1. The Balaban J connectivity index is 1.50. The molecular weight excluding hydrogens is 472 g/mol. The maximum Gasteiger partial charge on any atom is 0.128 e. The predicted molar refractivity (Wildman–Crippen MR) is 161 cm³/mol. The molecule has 0 amide bonds. The number of rotatable bonds is 8. The first-order chi connectivity index (χ1) is 19.3. The van der Waals surface area contributed by atoms with Gasteiger partial charge in [-0.1, -0.05) is 164 Å². The van der Waals surface area contributed by atoms with Crippen LogP contribution in [0.25, 0.3) is 0 Å². The lowest BCUT2D eigenvalue weighted by molar-refractivity contribution is 0.201. The quantitative estimate of drug-likeness (QED) is 0.205. The highest BCUT2D eigenvalue weighted by molar-refractivity contribution is 5.58. The molecule has 3 unspecified atom stereocenters. The SMILES string of the molecule is C1=CC(c2ccccc2)C(c2ccccc2)(c2ccccc2OC(Cc2ccccc2)c2ccccc2)C=C1. The Kier molecular flexibility index (Phi) is 7.23. The van der Waals surface area contributed by atoms with Gasteiger partial charge in [-0.15, -0.1) is 0 Å². The van der Waals surface area contributed by atoms with Crippen molar-refractivity contribution in [2.45, 2.75) is 23.9 Å². The normalized spacial score (nSPS) is 18.9. The molecule has 1 aliphatic rings. The average molecular weight is 505 g/mol.